The Bertz CT molecular complexity index is 446. The van der Waals surface area contributed by atoms with Crippen LogP contribution < -0.4 is 10.5 Å². The lowest BCUT2D eigenvalue weighted by molar-refractivity contribution is 0.166. The molecule has 1 aromatic carbocycles. The lowest BCUT2D eigenvalue weighted by Gasteiger charge is -2.34. The van der Waals surface area contributed by atoms with Gasteiger partial charge < -0.3 is 10.5 Å². The van der Waals surface area contributed by atoms with E-state index in [0.717, 1.165) is 31.9 Å². The third-order valence-electron chi connectivity index (χ3n) is 4.87. The van der Waals surface area contributed by atoms with Crippen molar-refractivity contribution in [3.8, 4) is 5.75 Å². The Morgan fingerprint density at radius 1 is 1.35 bits per heavy atom. The number of ether oxygens (including phenoxy) is 1. The van der Waals surface area contributed by atoms with Crippen LogP contribution in [-0.2, 0) is 6.42 Å². The van der Waals surface area contributed by atoms with Gasteiger partial charge in [0, 0.05) is 12.5 Å². The van der Waals surface area contributed by atoms with Gasteiger partial charge in [0.1, 0.15) is 5.75 Å². The van der Waals surface area contributed by atoms with E-state index in [2.05, 4.69) is 30.0 Å². The molecule has 1 aromatic rings. The Labute approximate surface area is 122 Å². The average molecular weight is 274 g/mol. The maximum Gasteiger partial charge on any atom is 0.122 e. The molecule has 0 amide bonds. The zero-order valence-electron chi connectivity index (χ0n) is 12.5. The Morgan fingerprint density at radius 2 is 2.25 bits per heavy atom. The maximum atomic E-state index is 6.08. The zero-order chi connectivity index (χ0) is 13.9. The predicted octanol–water partition coefficient (Wildman–Crippen LogP) is 2.74. The lowest BCUT2D eigenvalue weighted by Crippen LogP contribution is -2.35. The second kappa shape index (κ2) is 6.15. The van der Waals surface area contributed by atoms with Crippen molar-refractivity contribution in [2.24, 2.45) is 11.7 Å². The van der Waals surface area contributed by atoms with Crippen molar-refractivity contribution in [2.45, 2.75) is 38.6 Å². The van der Waals surface area contributed by atoms with E-state index in [1.165, 1.54) is 36.9 Å². The molecule has 3 rings (SSSR count). The summed E-state index contributed by atoms with van der Waals surface area (Å²) >= 11 is 0. The van der Waals surface area contributed by atoms with Gasteiger partial charge in [-0.2, -0.15) is 0 Å². The predicted molar refractivity (Wildman–Crippen MR) is 82.0 cm³/mol. The second-order valence-corrected chi connectivity index (χ2v) is 6.03. The molecule has 2 atom stereocenters. The third kappa shape index (κ3) is 2.57. The number of hydrogen-bond acceptors (Lipinski definition) is 3. The number of nitrogens with two attached hydrogens (primary N) is 1. The summed E-state index contributed by atoms with van der Waals surface area (Å²) in [5.41, 5.74) is 8.89. The molecule has 0 saturated carbocycles. The molecule has 2 unspecified atom stereocenters. The van der Waals surface area contributed by atoms with Crippen molar-refractivity contribution < 1.29 is 4.74 Å². The normalized spacial score (nSPS) is 26.9. The molecule has 0 bridgehead atoms. The van der Waals surface area contributed by atoms with E-state index >= 15 is 0 Å². The minimum absolute atomic E-state index is 0.485. The highest BCUT2D eigenvalue weighted by Crippen LogP contribution is 2.37. The molecule has 3 heteroatoms. The fourth-order valence-electron chi connectivity index (χ4n) is 3.79. The van der Waals surface area contributed by atoms with Crippen LogP contribution in [0.5, 0.6) is 5.75 Å². The van der Waals surface area contributed by atoms with Crippen LogP contribution in [0.1, 0.15) is 43.4 Å². The highest BCUT2D eigenvalue weighted by Gasteiger charge is 2.30. The Kier molecular flexibility index (Phi) is 4.27. The number of hydrogen-bond donors (Lipinski definition) is 1. The average Bonchev–Trinajstić information content (AvgIpc) is 2.84. The van der Waals surface area contributed by atoms with Gasteiger partial charge in [0.15, 0.2) is 0 Å². The zero-order valence-corrected chi connectivity index (χ0v) is 12.5. The molecule has 2 N–H and O–H groups in total. The van der Waals surface area contributed by atoms with Crippen LogP contribution >= 0.6 is 0 Å². The largest absolute Gasteiger partial charge is 0.493 e. The summed E-state index contributed by atoms with van der Waals surface area (Å²) < 4.78 is 5.63. The van der Waals surface area contributed by atoms with Gasteiger partial charge in [-0.1, -0.05) is 25.5 Å². The van der Waals surface area contributed by atoms with Gasteiger partial charge in [0.2, 0.25) is 0 Å². The summed E-state index contributed by atoms with van der Waals surface area (Å²) in [6.07, 6.45) is 4.92. The lowest BCUT2D eigenvalue weighted by atomic mass is 9.88. The first-order chi connectivity index (χ1) is 9.83. The van der Waals surface area contributed by atoms with Crippen LogP contribution in [0.2, 0.25) is 0 Å². The van der Waals surface area contributed by atoms with Crippen LogP contribution in [-0.4, -0.2) is 31.1 Å². The maximum absolute atomic E-state index is 6.08. The number of fused-ring (bicyclic) bond motifs is 1. The van der Waals surface area contributed by atoms with Crippen LogP contribution in [0.4, 0.5) is 0 Å². The van der Waals surface area contributed by atoms with Gasteiger partial charge in [0.05, 0.1) is 6.61 Å². The highest BCUT2D eigenvalue weighted by atomic mass is 16.5. The summed E-state index contributed by atoms with van der Waals surface area (Å²) in [6.45, 7) is 6.19. The summed E-state index contributed by atoms with van der Waals surface area (Å²) in [5.74, 6) is 1.66. The summed E-state index contributed by atoms with van der Waals surface area (Å²) in [6, 6.07) is 7.26. The van der Waals surface area contributed by atoms with Gasteiger partial charge in [-0.05, 0) is 55.6 Å². The molecule has 110 valence electrons. The number of rotatable bonds is 3. The standard InChI is InChI=1S/C17H26N2O/c1-2-19-9-4-3-5-15(12-18)17(19)14-6-7-16-13(11-14)8-10-20-16/h6-7,11,15,17H,2-5,8-10,12,18H2,1H3. The summed E-state index contributed by atoms with van der Waals surface area (Å²) in [5, 5.41) is 0. The minimum atomic E-state index is 0.485. The minimum Gasteiger partial charge on any atom is -0.493 e. The van der Waals surface area contributed by atoms with E-state index in [1.54, 1.807) is 0 Å². The first kappa shape index (κ1) is 13.9. The van der Waals surface area contributed by atoms with Crippen molar-refractivity contribution in [2.75, 3.05) is 26.2 Å². The Hall–Kier alpha value is -1.06. The van der Waals surface area contributed by atoms with Gasteiger partial charge >= 0.3 is 0 Å². The van der Waals surface area contributed by atoms with E-state index in [1.807, 2.05) is 0 Å². The van der Waals surface area contributed by atoms with Crippen LogP contribution in [0.3, 0.4) is 0 Å². The molecule has 2 aliphatic heterocycles. The molecular formula is C17H26N2O. The smallest absolute Gasteiger partial charge is 0.122 e. The third-order valence-corrected chi connectivity index (χ3v) is 4.87. The molecule has 1 fully saturated rings. The fourth-order valence-corrected chi connectivity index (χ4v) is 3.79. The number of nitrogens with zero attached hydrogens (tertiary/aromatic N) is 1. The molecule has 20 heavy (non-hydrogen) atoms. The van der Waals surface area contributed by atoms with E-state index in [4.69, 9.17) is 10.5 Å². The van der Waals surface area contributed by atoms with E-state index < -0.39 is 0 Å². The monoisotopic (exact) mass is 274 g/mol. The molecule has 2 aliphatic rings. The van der Waals surface area contributed by atoms with Gasteiger partial charge in [-0.15, -0.1) is 0 Å². The van der Waals surface area contributed by atoms with Crippen molar-refractivity contribution in [1.82, 2.24) is 4.90 Å². The molecule has 0 aliphatic carbocycles. The molecule has 0 radical (unpaired) electrons. The summed E-state index contributed by atoms with van der Waals surface area (Å²) in [7, 11) is 0. The van der Waals surface area contributed by atoms with Crippen molar-refractivity contribution in [3.05, 3.63) is 29.3 Å². The Balaban J connectivity index is 1.94. The Morgan fingerprint density at radius 3 is 3.05 bits per heavy atom. The van der Waals surface area contributed by atoms with Crippen molar-refractivity contribution >= 4 is 0 Å². The van der Waals surface area contributed by atoms with Gasteiger partial charge in [-0.25, -0.2) is 0 Å². The first-order valence-corrected chi connectivity index (χ1v) is 8.03. The molecule has 3 nitrogen and oxygen atoms in total. The first-order valence-electron chi connectivity index (χ1n) is 8.03. The van der Waals surface area contributed by atoms with Crippen molar-refractivity contribution in [1.29, 1.82) is 0 Å². The second-order valence-electron chi connectivity index (χ2n) is 6.03. The summed E-state index contributed by atoms with van der Waals surface area (Å²) in [4.78, 5) is 2.61. The topological polar surface area (TPSA) is 38.5 Å². The van der Waals surface area contributed by atoms with Gasteiger partial charge in [0.25, 0.3) is 0 Å². The van der Waals surface area contributed by atoms with Crippen molar-refractivity contribution in [3.63, 3.8) is 0 Å². The quantitative estimate of drug-likeness (QED) is 0.921. The molecule has 0 spiro atoms. The fraction of sp³-hybridized carbons (Fsp3) is 0.647. The van der Waals surface area contributed by atoms with E-state index in [-0.39, 0.29) is 0 Å². The van der Waals surface area contributed by atoms with E-state index in [9.17, 15) is 0 Å². The SMILES string of the molecule is CCN1CCCCC(CN)C1c1ccc2c(c1)CCO2. The highest BCUT2D eigenvalue weighted by molar-refractivity contribution is 5.41. The van der Waals surface area contributed by atoms with Crippen LogP contribution in [0, 0.1) is 5.92 Å². The van der Waals surface area contributed by atoms with Crippen LogP contribution in [0.25, 0.3) is 0 Å². The molecule has 2 heterocycles. The van der Waals surface area contributed by atoms with Crippen LogP contribution in [0.15, 0.2) is 18.2 Å². The molecular weight excluding hydrogens is 248 g/mol. The van der Waals surface area contributed by atoms with E-state index in [0.29, 0.717) is 12.0 Å². The number of likely N-dealkylation sites (tertiary alicyclic amines) is 1. The molecule has 0 aromatic heterocycles. The number of benzene rings is 1. The molecule has 1 saturated heterocycles. The van der Waals surface area contributed by atoms with Gasteiger partial charge in [-0.3, -0.25) is 4.90 Å².